The number of carbonyl (C=O) groups is 1. The molecule has 0 saturated carbocycles. The molecule has 108 valence electrons. The van der Waals surface area contributed by atoms with Crippen molar-refractivity contribution in [2.45, 2.75) is 12.8 Å². The Labute approximate surface area is 120 Å². The Balaban J connectivity index is 1.74. The third-order valence-corrected chi connectivity index (χ3v) is 3.33. The van der Waals surface area contributed by atoms with Crippen LogP contribution >= 0.6 is 0 Å². The molecule has 0 aliphatic heterocycles. The number of benzene rings is 1. The van der Waals surface area contributed by atoms with Gasteiger partial charge in [0.25, 0.3) is 5.91 Å². The minimum Gasteiger partial charge on any atom is -0.451 e. The third kappa shape index (κ3) is 2.62. The minimum atomic E-state index is -0.165. The molecule has 0 fully saturated rings. The molecular weight excluding hydrogens is 270 g/mol. The Morgan fingerprint density at radius 2 is 2.24 bits per heavy atom. The summed E-state index contributed by atoms with van der Waals surface area (Å²) in [4.78, 5) is 14.0. The van der Waals surface area contributed by atoms with E-state index in [1.165, 1.54) is 0 Å². The molecule has 1 amide bonds. The number of nitrogens with one attached hydrogen (secondary N) is 1. The number of hydrogen-bond acceptors (Lipinski definition) is 5. The summed E-state index contributed by atoms with van der Waals surface area (Å²) in [6, 6.07) is 9.30. The van der Waals surface area contributed by atoms with Gasteiger partial charge in [0.15, 0.2) is 11.6 Å². The molecule has 0 bridgehead atoms. The predicted molar refractivity (Wildman–Crippen MR) is 75.8 cm³/mol. The first-order valence-corrected chi connectivity index (χ1v) is 6.62. The zero-order valence-electron chi connectivity index (χ0n) is 11.8. The number of fused-ring (bicyclic) bond motifs is 1. The number of aromatic amines is 1. The second-order valence-corrected chi connectivity index (χ2v) is 5.01. The maximum atomic E-state index is 12.4. The van der Waals surface area contributed by atoms with Gasteiger partial charge in [0, 0.05) is 24.9 Å². The second kappa shape index (κ2) is 5.35. The maximum Gasteiger partial charge on any atom is 0.289 e. The number of tetrazole rings is 1. The van der Waals surface area contributed by atoms with Crippen LogP contribution < -0.4 is 0 Å². The van der Waals surface area contributed by atoms with Gasteiger partial charge < -0.3 is 9.32 Å². The first-order valence-electron chi connectivity index (χ1n) is 6.62. The lowest BCUT2D eigenvalue weighted by Gasteiger charge is -2.18. The molecule has 0 unspecified atom stereocenters. The second-order valence-electron chi connectivity index (χ2n) is 5.01. The van der Waals surface area contributed by atoms with Gasteiger partial charge in [0.1, 0.15) is 5.58 Å². The SMILES string of the molecule is C[C@@H](CN(C)C(=O)c1cc2ccccc2o1)c1nn[nH]n1. The van der Waals surface area contributed by atoms with Gasteiger partial charge in [-0.25, -0.2) is 0 Å². The zero-order valence-corrected chi connectivity index (χ0v) is 11.8. The van der Waals surface area contributed by atoms with Crippen molar-refractivity contribution in [3.8, 4) is 0 Å². The topological polar surface area (TPSA) is 87.9 Å². The predicted octanol–water partition coefficient (Wildman–Crippen LogP) is 1.82. The molecule has 0 aliphatic carbocycles. The van der Waals surface area contributed by atoms with Crippen LogP contribution in [0.15, 0.2) is 34.7 Å². The van der Waals surface area contributed by atoms with Crippen LogP contribution in [0.25, 0.3) is 11.0 Å². The molecule has 0 saturated heterocycles. The van der Waals surface area contributed by atoms with Crippen LogP contribution in [0.1, 0.15) is 29.2 Å². The normalized spacial score (nSPS) is 12.5. The summed E-state index contributed by atoms with van der Waals surface area (Å²) in [6.45, 7) is 2.42. The summed E-state index contributed by atoms with van der Waals surface area (Å²) >= 11 is 0. The number of H-pyrrole nitrogens is 1. The van der Waals surface area contributed by atoms with E-state index in [1.807, 2.05) is 31.2 Å². The number of nitrogens with zero attached hydrogens (tertiary/aromatic N) is 4. The first kappa shape index (κ1) is 13.3. The summed E-state index contributed by atoms with van der Waals surface area (Å²) in [6.07, 6.45) is 0. The minimum absolute atomic E-state index is 0.0120. The number of aromatic nitrogens is 4. The number of para-hydroxylation sites is 1. The molecule has 0 spiro atoms. The molecule has 0 radical (unpaired) electrons. The summed E-state index contributed by atoms with van der Waals surface area (Å²) in [7, 11) is 1.73. The lowest BCUT2D eigenvalue weighted by molar-refractivity contribution is 0.0758. The van der Waals surface area contributed by atoms with Gasteiger partial charge in [0.05, 0.1) is 0 Å². The highest BCUT2D eigenvalue weighted by Crippen LogP contribution is 2.20. The molecule has 3 rings (SSSR count). The molecule has 2 heterocycles. The lowest BCUT2D eigenvalue weighted by atomic mass is 10.1. The van der Waals surface area contributed by atoms with Crippen LogP contribution in [0.5, 0.6) is 0 Å². The quantitative estimate of drug-likeness (QED) is 0.790. The van der Waals surface area contributed by atoms with Crippen LogP contribution in [0.3, 0.4) is 0 Å². The summed E-state index contributed by atoms with van der Waals surface area (Å²) in [5.41, 5.74) is 0.709. The van der Waals surface area contributed by atoms with Gasteiger partial charge >= 0.3 is 0 Å². The molecule has 1 aromatic carbocycles. The van der Waals surface area contributed by atoms with Crippen molar-refractivity contribution in [1.82, 2.24) is 25.5 Å². The molecule has 21 heavy (non-hydrogen) atoms. The Hall–Kier alpha value is -2.70. The smallest absolute Gasteiger partial charge is 0.289 e. The average Bonchev–Trinajstić information content (AvgIpc) is 3.15. The van der Waals surface area contributed by atoms with Crippen molar-refractivity contribution in [2.75, 3.05) is 13.6 Å². The van der Waals surface area contributed by atoms with E-state index in [0.717, 1.165) is 5.39 Å². The number of rotatable bonds is 4. The van der Waals surface area contributed by atoms with E-state index in [4.69, 9.17) is 4.42 Å². The van der Waals surface area contributed by atoms with E-state index in [0.29, 0.717) is 23.7 Å². The molecule has 1 N–H and O–H groups in total. The monoisotopic (exact) mass is 285 g/mol. The van der Waals surface area contributed by atoms with Crippen LogP contribution in [0, 0.1) is 0 Å². The summed E-state index contributed by atoms with van der Waals surface area (Å²) in [5.74, 6) is 0.738. The van der Waals surface area contributed by atoms with Crippen molar-refractivity contribution in [3.05, 3.63) is 41.9 Å². The van der Waals surface area contributed by atoms with Gasteiger partial charge in [-0.05, 0) is 12.1 Å². The Kier molecular flexibility index (Phi) is 3.39. The van der Waals surface area contributed by atoms with Crippen molar-refractivity contribution in [3.63, 3.8) is 0 Å². The highest BCUT2D eigenvalue weighted by atomic mass is 16.3. The van der Waals surface area contributed by atoms with Crippen molar-refractivity contribution in [2.24, 2.45) is 0 Å². The van der Waals surface area contributed by atoms with Gasteiger partial charge in [-0.1, -0.05) is 30.3 Å². The number of amides is 1. The van der Waals surface area contributed by atoms with Crippen LogP contribution in [0.4, 0.5) is 0 Å². The molecular formula is C14H15N5O2. The fourth-order valence-electron chi connectivity index (χ4n) is 2.23. The van der Waals surface area contributed by atoms with Crippen LogP contribution in [0.2, 0.25) is 0 Å². The fraction of sp³-hybridized carbons (Fsp3) is 0.286. The molecule has 7 heteroatoms. The molecule has 7 nitrogen and oxygen atoms in total. The molecule has 0 aliphatic rings. The average molecular weight is 285 g/mol. The standard InChI is InChI=1S/C14H15N5O2/c1-9(13-15-17-18-16-13)8-19(2)14(20)12-7-10-5-3-4-6-11(10)21-12/h3-7,9H,8H2,1-2H3,(H,15,16,17,18)/t9-/m0/s1. The van der Waals surface area contributed by atoms with Gasteiger partial charge in [-0.2, -0.15) is 5.21 Å². The maximum absolute atomic E-state index is 12.4. The van der Waals surface area contributed by atoms with Crippen LogP contribution in [-0.4, -0.2) is 45.0 Å². The Morgan fingerprint density at radius 1 is 1.43 bits per heavy atom. The van der Waals surface area contributed by atoms with Crippen molar-refractivity contribution < 1.29 is 9.21 Å². The van der Waals surface area contributed by atoms with E-state index in [9.17, 15) is 4.79 Å². The number of hydrogen-bond donors (Lipinski definition) is 1. The van der Waals surface area contributed by atoms with E-state index in [2.05, 4.69) is 20.6 Å². The van der Waals surface area contributed by atoms with Gasteiger partial charge in [-0.3, -0.25) is 4.79 Å². The number of furan rings is 1. The summed E-state index contributed by atoms with van der Waals surface area (Å²) < 4.78 is 5.58. The van der Waals surface area contributed by atoms with E-state index in [-0.39, 0.29) is 11.8 Å². The van der Waals surface area contributed by atoms with Crippen LogP contribution in [-0.2, 0) is 0 Å². The molecule has 3 aromatic rings. The largest absolute Gasteiger partial charge is 0.451 e. The lowest BCUT2D eigenvalue weighted by Crippen LogP contribution is -2.30. The van der Waals surface area contributed by atoms with Crippen molar-refractivity contribution >= 4 is 16.9 Å². The van der Waals surface area contributed by atoms with Gasteiger partial charge in [0.2, 0.25) is 0 Å². The number of likely N-dealkylation sites (N-methyl/N-ethyl adjacent to an activating group) is 1. The van der Waals surface area contributed by atoms with Crippen molar-refractivity contribution in [1.29, 1.82) is 0 Å². The fourth-order valence-corrected chi connectivity index (χ4v) is 2.23. The summed E-state index contributed by atoms with van der Waals surface area (Å²) in [5, 5.41) is 14.7. The first-order chi connectivity index (χ1) is 10.1. The van der Waals surface area contributed by atoms with E-state index in [1.54, 1.807) is 18.0 Å². The van der Waals surface area contributed by atoms with E-state index >= 15 is 0 Å². The third-order valence-electron chi connectivity index (χ3n) is 3.33. The van der Waals surface area contributed by atoms with Gasteiger partial charge in [-0.15, -0.1) is 10.2 Å². The molecule has 2 aromatic heterocycles. The Bertz CT molecular complexity index is 717. The van der Waals surface area contributed by atoms with E-state index < -0.39 is 0 Å². The Morgan fingerprint density at radius 3 is 2.95 bits per heavy atom. The highest BCUT2D eigenvalue weighted by molar-refractivity contribution is 5.95. The molecule has 1 atom stereocenters. The highest BCUT2D eigenvalue weighted by Gasteiger charge is 2.20. The number of carbonyl (C=O) groups excluding carboxylic acids is 1. The zero-order chi connectivity index (χ0) is 14.8.